The molecule has 0 bridgehead atoms. The molecule has 0 amide bonds. The molecular weight excluding hydrogens is 219 g/mol. The van der Waals surface area contributed by atoms with E-state index in [1.54, 1.807) is 6.07 Å². The van der Waals surface area contributed by atoms with Crippen LogP contribution in [0.25, 0.3) is 0 Å². The lowest BCUT2D eigenvalue weighted by atomic mass is 10.0. The zero-order chi connectivity index (χ0) is 10.6. The maximum atomic E-state index is 5.94. The highest BCUT2D eigenvalue weighted by Crippen LogP contribution is 2.26. The minimum atomic E-state index is -0.00619. The zero-order valence-electron chi connectivity index (χ0n) is 7.84. The summed E-state index contributed by atoms with van der Waals surface area (Å²) in [7, 11) is 0. The molecule has 78 valence electrons. The smallest absolute Gasteiger partial charge is 0.0595 e. The quantitative estimate of drug-likeness (QED) is 0.839. The summed E-state index contributed by atoms with van der Waals surface area (Å²) in [6, 6.07) is 5.47. The predicted octanol–water partition coefficient (Wildman–Crippen LogP) is 2.73. The van der Waals surface area contributed by atoms with Crippen molar-refractivity contribution in [2.45, 2.75) is 18.9 Å². The third kappa shape index (κ3) is 3.14. The molecule has 0 aliphatic heterocycles. The number of rotatable bonds is 4. The number of halogens is 2. The van der Waals surface area contributed by atoms with E-state index in [0.717, 1.165) is 18.4 Å². The summed E-state index contributed by atoms with van der Waals surface area (Å²) >= 11 is 11.7. The van der Waals surface area contributed by atoms with Crippen molar-refractivity contribution in [1.29, 1.82) is 0 Å². The Morgan fingerprint density at radius 1 is 1.21 bits per heavy atom. The summed E-state index contributed by atoms with van der Waals surface area (Å²) < 4.78 is 0. The van der Waals surface area contributed by atoms with Crippen LogP contribution in [0.4, 0.5) is 0 Å². The van der Waals surface area contributed by atoms with Crippen LogP contribution >= 0.6 is 23.2 Å². The molecule has 1 aromatic rings. The third-order valence-electron chi connectivity index (χ3n) is 2.09. The van der Waals surface area contributed by atoms with E-state index in [1.807, 2.05) is 12.1 Å². The fourth-order valence-electron chi connectivity index (χ4n) is 1.25. The van der Waals surface area contributed by atoms with Gasteiger partial charge in [0.1, 0.15) is 0 Å². The van der Waals surface area contributed by atoms with E-state index in [0.29, 0.717) is 16.6 Å². The third-order valence-corrected chi connectivity index (χ3v) is 2.83. The summed E-state index contributed by atoms with van der Waals surface area (Å²) in [5.74, 6) is 0. The van der Waals surface area contributed by atoms with Crippen molar-refractivity contribution in [3.8, 4) is 0 Å². The lowest BCUT2D eigenvalue weighted by Crippen LogP contribution is -2.12. The second-order valence-corrected chi connectivity index (χ2v) is 4.03. The molecule has 0 saturated carbocycles. The molecular formula is C10H14Cl2N2. The van der Waals surface area contributed by atoms with Crippen molar-refractivity contribution >= 4 is 23.2 Å². The van der Waals surface area contributed by atoms with Crippen LogP contribution in [0.3, 0.4) is 0 Å². The highest BCUT2D eigenvalue weighted by molar-refractivity contribution is 6.42. The molecule has 14 heavy (non-hydrogen) atoms. The molecule has 1 rings (SSSR count). The SMILES string of the molecule is NCCC[C@@H](N)c1ccc(Cl)c(Cl)c1. The number of hydrogen-bond donors (Lipinski definition) is 2. The first-order chi connectivity index (χ1) is 6.65. The van der Waals surface area contributed by atoms with E-state index >= 15 is 0 Å². The molecule has 0 aliphatic rings. The van der Waals surface area contributed by atoms with Gasteiger partial charge in [-0.1, -0.05) is 29.3 Å². The van der Waals surface area contributed by atoms with Crippen molar-refractivity contribution in [2.24, 2.45) is 11.5 Å². The van der Waals surface area contributed by atoms with Crippen molar-refractivity contribution in [3.05, 3.63) is 33.8 Å². The van der Waals surface area contributed by atoms with E-state index in [-0.39, 0.29) is 6.04 Å². The Balaban J connectivity index is 2.70. The first-order valence-corrected chi connectivity index (χ1v) is 5.31. The molecule has 0 aliphatic carbocycles. The summed E-state index contributed by atoms with van der Waals surface area (Å²) in [6.07, 6.45) is 1.79. The molecule has 1 atom stereocenters. The monoisotopic (exact) mass is 232 g/mol. The minimum absolute atomic E-state index is 0.00619. The van der Waals surface area contributed by atoms with Gasteiger partial charge in [0.15, 0.2) is 0 Å². The normalized spacial score (nSPS) is 12.9. The molecule has 2 nitrogen and oxygen atoms in total. The Bertz CT molecular complexity index is 302. The number of nitrogens with two attached hydrogens (primary N) is 2. The molecule has 4 heteroatoms. The van der Waals surface area contributed by atoms with E-state index < -0.39 is 0 Å². The molecule has 0 radical (unpaired) electrons. The predicted molar refractivity (Wildman–Crippen MR) is 61.7 cm³/mol. The standard InChI is InChI=1S/C10H14Cl2N2/c11-8-4-3-7(6-9(8)12)10(14)2-1-5-13/h3-4,6,10H,1-2,5,13-14H2/t10-/m1/s1. The lowest BCUT2D eigenvalue weighted by molar-refractivity contribution is 0.618. The first-order valence-electron chi connectivity index (χ1n) is 4.55. The highest BCUT2D eigenvalue weighted by Gasteiger charge is 2.07. The summed E-state index contributed by atoms with van der Waals surface area (Å²) in [6.45, 7) is 0.662. The van der Waals surface area contributed by atoms with E-state index in [2.05, 4.69) is 0 Å². The molecule has 0 aromatic heterocycles. The maximum Gasteiger partial charge on any atom is 0.0595 e. The maximum absolute atomic E-state index is 5.94. The van der Waals surface area contributed by atoms with Crippen LogP contribution in [0, 0.1) is 0 Å². The molecule has 4 N–H and O–H groups in total. The van der Waals surface area contributed by atoms with E-state index in [4.69, 9.17) is 34.7 Å². The highest BCUT2D eigenvalue weighted by atomic mass is 35.5. The van der Waals surface area contributed by atoms with Gasteiger partial charge in [0.2, 0.25) is 0 Å². The first kappa shape index (κ1) is 11.8. The number of hydrogen-bond acceptors (Lipinski definition) is 2. The Labute approximate surface area is 94.2 Å². The summed E-state index contributed by atoms with van der Waals surface area (Å²) in [5.41, 5.74) is 12.4. The Hall–Kier alpha value is -0.280. The van der Waals surface area contributed by atoms with E-state index in [1.165, 1.54) is 0 Å². The average Bonchev–Trinajstić information content (AvgIpc) is 2.18. The van der Waals surface area contributed by atoms with Gasteiger partial charge in [0, 0.05) is 6.04 Å². The van der Waals surface area contributed by atoms with Crippen LogP contribution in [0.2, 0.25) is 10.0 Å². The molecule has 0 unspecified atom stereocenters. The molecule has 0 heterocycles. The van der Waals surface area contributed by atoms with Gasteiger partial charge in [-0.25, -0.2) is 0 Å². The Morgan fingerprint density at radius 2 is 1.93 bits per heavy atom. The molecule has 0 spiro atoms. The molecule has 0 saturated heterocycles. The van der Waals surface area contributed by atoms with Crippen molar-refractivity contribution in [1.82, 2.24) is 0 Å². The van der Waals surface area contributed by atoms with Crippen molar-refractivity contribution < 1.29 is 0 Å². The fourth-order valence-corrected chi connectivity index (χ4v) is 1.55. The van der Waals surface area contributed by atoms with Crippen LogP contribution in [-0.4, -0.2) is 6.54 Å². The average molecular weight is 233 g/mol. The van der Waals surface area contributed by atoms with Gasteiger partial charge >= 0.3 is 0 Å². The van der Waals surface area contributed by atoms with Gasteiger partial charge < -0.3 is 11.5 Å². The van der Waals surface area contributed by atoms with Gasteiger partial charge in [-0.2, -0.15) is 0 Å². The Kier molecular flexibility index (Phi) is 4.69. The minimum Gasteiger partial charge on any atom is -0.330 e. The van der Waals surface area contributed by atoms with Crippen molar-refractivity contribution in [3.63, 3.8) is 0 Å². The topological polar surface area (TPSA) is 52.0 Å². The van der Waals surface area contributed by atoms with Crippen molar-refractivity contribution in [2.75, 3.05) is 6.54 Å². The lowest BCUT2D eigenvalue weighted by Gasteiger charge is -2.11. The summed E-state index contributed by atoms with van der Waals surface area (Å²) in [4.78, 5) is 0. The van der Waals surface area contributed by atoms with Gasteiger partial charge in [0.05, 0.1) is 10.0 Å². The fraction of sp³-hybridized carbons (Fsp3) is 0.400. The van der Waals surface area contributed by atoms with Gasteiger partial charge in [-0.05, 0) is 37.1 Å². The van der Waals surface area contributed by atoms with Gasteiger partial charge in [-0.15, -0.1) is 0 Å². The van der Waals surface area contributed by atoms with Gasteiger partial charge in [-0.3, -0.25) is 0 Å². The second kappa shape index (κ2) is 5.56. The Morgan fingerprint density at radius 3 is 2.50 bits per heavy atom. The largest absolute Gasteiger partial charge is 0.330 e. The molecule has 0 fully saturated rings. The van der Waals surface area contributed by atoms with E-state index in [9.17, 15) is 0 Å². The zero-order valence-corrected chi connectivity index (χ0v) is 9.35. The second-order valence-electron chi connectivity index (χ2n) is 3.21. The van der Waals surface area contributed by atoms with Crippen LogP contribution in [0.5, 0.6) is 0 Å². The number of benzene rings is 1. The molecule has 1 aromatic carbocycles. The summed E-state index contributed by atoms with van der Waals surface area (Å²) in [5, 5.41) is 1.11. The van der Waals surface area contributed by atoms with Crippen LogP contribution in [0.1, 0.15) is 24.4 Å². The van der Waals surface area contributed by atoms with Crippen LogP contribution < -0.4 is 11.5 Å². The van der Waals surface area contributed by atoms with Gasteiger partial charge in [0.25, 0.3) is 0 Å². The van der Waals surface area contributed by atoms with Crippen LogP contribution in [0.15, 0.2) is 18.2 Å². The van der Waals surface area contributed by atoms with Crippen LogP contribution in [-0.2, 0) is 0 Å².